The molecular formula is C15H23N6O+. The molecule has 0 saturated carbocycles. The average Bonchev–Trinajstić information content (AvgIpc) is 3.03. The van der Waals surface area contributed by atoms with Gasteiger partial charge in [-0.1, -0.05) is 23.3 Å². The molecule has 118 valence electrons. The highest BCUT2D eigenvalue weighted by Crippen LogP contribution is 2.11. The summed E-state index contributed by atoms with van der Waals surface area (Å²) in [6, 6.07) is 9.90. The molecule has 0 atom stereocenters. The van der Waals surface area contributed by atoms with Crippen LogP contribution in [-0.2, 0) is 4.74 Å². The highest BCUT2D eigenvalue weighted by molar-refractivity contribution is 5.38. The Hall–Kier alpha value is -1.99. The molecule has 0 bridgehead atoms. The van der Waals surface area contributed by atoms with E-state index in [1.165, 1.54) is 0 Å². The minimum absolute atomic E-state index is 0.0945. The van der Waals surface area contributed by atoms with E-state index in [0.29, 0.717) is 5.95 Å². The van der Waals surface area contributed by atoms with Crippen LogP contribution in [0.25, 0.3) is 5.69 Å². The van der Waals surface area contributed by atoms with Crippen molar-refractivity contribution in [1.82, 2.24) is 20.2 Å². The number of para-hydroxylation sites is 1. The molecule has 0 radical (unpaired) electrons. The summed E-state index contributed by atoms with van der Waals surface area (Å²) in [6.45, 7) is 9.07. The van der Waals surface area contributed by atoms with Gasteiger partial charge in [-0.25, -0.2) is 0 Å². The molecule has 1 fully saturated rings. The predicted octanol–water partition coefficient (Wildman–Crippen LogP) is -0.232. The Morgan fingerprint density at radius 1 is 1.23 bits per heavy atom. The van der Waals surface area contributed by atoms with E-state index in [-0.39, 0.29) is 5.54 Å². The van der Waals surface area contributed by atoms with Crippen molar-refractivity contribution in [3.63, 3.8) is 0 Å². The Labute approximate surface area is 130 Å². The maximum Gasteiger partial charge on any atom is 0.247 e. The molecule has 1 aliphatic heterocycles. The van der Waals surface area contributed by atoms with Crippen LogP contribution < -0.4 is 10.2 Å². The molecule has 1 aromatic carbocycles. The summed E-state index contributed by atoms with van der Waals surface area (Å²) in [7, 11) is 0. The van der Waals surface area contributed by atoms with Gasteiger partial charge >= 0.3 is 0 Å². The Morgan fingerprint density at radius 2 is 1.95 bits per heavy atom. The number of hydrogen-bond donors (Lipinski definition) is 2. The third kappa shape index (κ3) is 3.26. The molecule has 7 nitrogen and oxygen atoms in total. The van der Waals surface area contributed by atoms with Crippen molar-refractivity contribution in [1.29, 1.82) is 0 Å². The first-order chi connectivity index (χ1) is 10.7. The molecule has 22 heavy (non-hydrogen) atoms. The molecular weight excluding hydrogens is 280 g/mol. The van der Waals surface area contributed by atoms with Crippen LogP contribution in [0.15, 0.2) is 30.3 Å². The molecule has 0 amide bonds. The van der Waals surface area contributed by atoms with Gasteiger partial charge in [-0.3, -0.25) is 0 Å². The number of morpholine rings is 1. The summed E-state index contributed by atoms with van der Waals surface area (Å²) >= 11 is 0. The van der Waals surface area contributed by atoms with Gasteiger partial charge in [-0.2, -0.15) is 4.68 Å². The zero-order chi connectivity index (χ0) is 15.4. The molecule has 3 rings (SSSR count). The van der Waals surface area contributed by atoms with Crippen LogP contribution in [0, 0.1) is 0 Å². The van der Waals surface area contributed by atoms with Crippen LogP contribution in [0.1, 0.15) is 13.8 Å². The first-order valence-corrected chi connectivity index (χ1v) is 7.67. The summed E-state index contributed by atoms with van der Waals surface area (Å²) in [5, 5.41) is 15.3. The molecule has 0 unspecified atom stereocenters. The minimum Gasteiger partial charge on any atom is -0.370 e. The predicted molar refractivity (Wildman–Crippen MR) is 83.2 cm³/mol. The highest BCUT2D eigenvalue weighted by Gasteiger charge is 2.32. The highest BCUT2D eigenvalue weighted by atomic mass is 16.5. The third-order valence-corrected chi connectivity index (χ3v) is 4.21. The third-order valence-electron chi connectivity index (χ3n) is 4.21. The Morgan fingerprint density at radius 3 is 2.68 bits per heavy atom. The number of quaternary nitrogens is 1. The van der Waals surface area contributed by atoms with E-state index in [1.54, 1.807) is 9.58 Å². The number of ether oxygens (including phenoxy) is 1. The lowest BCUT2D eigenvalue weighted by Crippen LogP contribution is -3.21. The Bertz CT molecular complexity index is 591. The van der Waals surface area contributed by atoms with Crippen LogP contribution in [0.4, 0.5) is 5.95 Å². The van der Waals surface area contributed by atoms with Gasteiger partial charge in [0, 0.05) is 0 Å². The summed E-state index contributed by atoms with van der Waals surface area (Å²) in [5.74, 6) is 0.673. The van der Waals surface area contributed by atoms with Crippen molar-refractivity contribution < 1.29 is 9.64 Å². The first-order valence-electron chi connectivity index (χ1n) is 7.67. The summed E-state index contributed by atoms with van der Waals surface area (Å²) < 4.78 is 7.17. The van der Waals surface area contributed by atoms with E-state index < -0.39 is 0 Å². The number of anilines is 1. The molecule has 2 N–H and O–H groups in total. The zero-order valence-corrected chi connectivity index (χ0v) is 13.1. The molecule has 1 aliphatic rings. The van der Waals surface area contributed by atoms with Gasteiger partial charge in [0.15, 0.2) is 0 Å². The van der Waals surface area contributed by atoms with Gasteiger partial charge < -0.3 is 15.0 Å². The van der Waals surface area contributed by atoms with E-state index in [2.05, 4.69) is 34.7 Å². The van der Waals surface area contributed by atoms with Crippen LogP contribution in [0.3, 0.4) is 0 Å². The van der Waals surface area contributed by atoms with Crippen molar-refractivity contribution in [3.05, 3.63) is 30.3 Å². The van der Waals surface area contributed by atoms with E-state index in [0.717, 1.165) is 38.5 Å². The van der Waals surface area contributed by atoms with Crippen molar-refractivity contribution in [2.45, 2.75) is 19.4 Å². The first kappa shape index (κ1) is 14.9. The smallest absolute Gasteiger partial charge is 0.247 e. The van der Waals surface area contributed by atoms with Crippen LogP contribution in [0.5, 0.6) is 0 Å². The lowest BCUT2D eigenvalue weighted by molar-refractivity contribution is -0.953. The zero-order valence-electron chi connectivity index (χ0n) is 13.1. The monoisotopic (exact) mass is 303 g/mol. The second-order valence-corrected chi connectivity index (χ2v) is 6.20. The van der Waals surface area contributed by atoms with Gasteiger partial charge in [0.2, 0.25) is 5.95 Å². The van der Waals surface area contributed by atoms with Gasteiger partial charge in [0.05, 0.1) is 25.4 Å². The molecule has 1 saturated heterocycles. The Balaban J connectivity index is 1.68. The van der Waals surface area contributed by atoms with Gasteiger partial charge in [0.25, 0.3) is 0 Å². The normalized spacial score (nSPS) is 16.6. The lowest BCUT2D eigenvalue weighted by atomic mass is 10.0. The SMILES string of the molecule is CC(C)(CNc1nnnn1-c1ccccc1)[NH+]1CCOCC1. The minimum atomic E-state index is 0.0945. The van der Waals surface area contributed by atoms with Gasteiger partial charge in [-0.15, -0.1) is 0 Å². The molecule has 1 aromatic heterocycles. The van der Waals surface area contributed by atoms with Gasteiger partial charge in [0.1, 0.15) is 18.6 Å². The lowest BCUT2D eigenvalue weighted by Gasteiger charge is -2.37. The molecule has 2 heterocycles. The number of hydrogen-bond acceptors (Lipinski definition) is 5. The van der Waals surface area contributed by atoms with Crippen molar-refractivity contribution in [2.75, 3.05) is 38.2 Å². The maximum atomic E-state index is 5.44. The largest absolute Gasteiger partial charge is 0.370 e. The number of rotatable bonds is 5. The van der Waals surface area contributed by atoms with E-state index in [9.17, 15) is 0 Å². The summed E-state index contributed by atoms with van der Waals surface area (Å²) in [4.78, 5) is 1.55. The second kappa shape index (κ2) is 6.41. The van der Waals surface area contributed by atoms with Crippen molar-refractivity contribution >= 4 is 5.95 Å². The standard InChI is InChI=1S/C15H22N6O/c1-15(2,20-8-10-22-11-9-20)12-16-14-17-18-19-21(14)13-6-4-3-5-7-13/h3-7H,8-12H2,1-2H3,(H,16,17,19)/p+1. The van der Waals surface area contributed by atoms with Crippen LogP contribution >= 0.6 is 0 Å². The van der Waals surface area contributed by atoms with E-state index in [4.69, 9.17) is 4.74 Å². The number of nitrogens with one attached hydrogen (secondary N) is 2. The Kier molecular flexibility index (Phi) is 4.35. The number of benzene rings is 1. The number of tetrazole rings is 1. The summed E-state index contributed by atoms with van der Waals surface area (Å²) in [5.41, 5.74) is 1.04. The fraction of sp³-hybridized carbons (Fsp3) is 0.533. The topological polar surface area (TPSA) is 69.3 Å². The van der Waals surface area contributed by atoms with E-state index in [1.807, 2.05) is 30.3 Å². The quantitative estimate of drug-likeness (QED) is 0.798. The number of aromatic nitrogens is 4. The average molecular weight is 303 g/mol. The fourth-order valence-corrected chi connectivity index (χ4v) is 2.76. The van der Waals surface area contributed by atoms with E-state index >= 15 is 0 Å². The van der Waals surface area contributed by atoms with Crippen molar-refractivity contribution in [2.24, 2.45) is 0 Å². The maximum absolute atomic E-state index is 5.44. The van der Waals surface area contributed by atoms with Crippen LogP contribution in [0.2, 0.25) is 0 Å². The fourth-order valence-electron chi connectivity index (χ4n) is 2.76. The molecule has 7 heteroatoms. The summed E-state index contributed by atoms with van der Waals surface area (Å²) in [6.07, 6.45) is 0. The van der Waals surface area contributed by atoms with Gasteiger partial charge in [-0.05, 0) is 36.4 Å². The molecule has 0 spiro atoms. The molecule has 2 aromatic rings. The van der Waals surface area contributed by atoms with Crippen LogP contribution in [-0.4, -0.2) is 58.6 Å². The molecule has 0 aliphatic carbocycles. The number of nitrogens with zero attached hydrogens (tertiary/aromatic N) is 4. The second-order valence-electron chi connectivity index (χ2n) is 6.20. The van der Waals surface area contributed by atoms with Crippen molar-refractivity contribution in [3.8, 4) is 5.69 Å².